The highest BCUT2D eigenvalue weighted by molar-refractivity contribution is 5.90. The fourth-order valence-corrected chi connectivity index (χ4v) is 5.05. The highest BCUT2D eigenvalue weighted by Crippen LogP contribution is 2.45. The number of nitrogens with zero attached hydrogens (tertiary/aromatic N) is 1. The van der Waals surface area contributed by atoms with Crippen molar-refractivity contribution in [3.8, 4) is 11.1 Å². The number of amides is 3. The number of hydrogen-bond acceptors (Lipinski definition) is 5. The molecule has 3 N–H and O–H groups in total. The van der Waals surface area contributed by atoms with Crippen molar-refractivity contribution in [3.05, 3.63) is 59.7 Å². The third kappa shape index (κ3) is 6.49. The highest BCUT2D eigenvalue weighted by atomic mass is 16.6. The van der Waals surface area contributed by atoms with Crippen molar-refractivity contribution >= 4 is 17.9 Å². The third-order valence-electron chi connectivity index (χ3n) is 6.98. The molecule has 1 saturated heterocycles. The van der Waals surface area contributed by atoms with Crippen LogP contribution in [0.5, 0.6) is 0 Å². The SMILES string of the molecule is CC(C)NC(=O)[C@H](CCCCN(C)C(=O)OC1c2ccccc2-c2ccccc21)NC(=O)[C@@H]1CCCN1. The van der Waals surface area contributed by atoms with E-state index in [2.05, 4.69) is 28.1 Å². The molecule has 4 rings (SSSR count). The zero-order valence-electron chi connectivity index (χ0n) is 22.0. The molecule has 2 aromatic carbocycles. The van der Waals surface area contributed by atoms with Gasteiger partial charge in [0.1, 0.15) is 6.04 Å². The molecule has 0 radical (unpaired) electrons. The van der Waals surface area contributed by atoms with Crippen LogP contribution in [0.1, 0.15) is 63.2 Å². The van der Waals surface area contributed by atoms with Crippen molar-refractivity contribution in [2.75, 3.05) is 20.1 Å². The first-order valence-corrected chi connectivity index (χ1v) is 13.3. The molecule has 0 bridgehead atoms. The number of fused-ring (bicyclic) bond motifs is 3. The second kappa shape index (κ2) is 12.2. The van der Waals surface area contributed by atoms with Gasteiger partial charge in [0.05, 0.1) is 6.04 Å². The summed E-state index contributed by atoms with van der Waals surface area (Å²) in [4.78, 5) is 39.8. The van der Waals surface area contributed by atoms with Gasteiger partial charge in [-0.1, -0.05) is 48.5 Å². The van der Waals surface area contributed by atoms with Gasteiger partial charge < -0.3 is 25.6 Å². The average Bonchev–Trinajstić information content (AvgIpc) is 3.53. The third-order valence-corrected chi connectivity index (χ3v) is 6.98. The molecule has 1 aliphatic heterocycles. The Kier molecular flexibility index (Phi) is 8.82. The van der Waals surface area contributed by atoms with E-state index >= 15 is 0 Å². The molecule has 2 atom stereocenters. The summed E-state index contributed by atoms with van der Waals surface area (Å²) < 4.78 is 5.95. The first-order valence-electron chi connectivity index (χ1n) is 13.3. The number of ether oxygens (including phenoxy) is 1. The van der Waals surface area contributed by atoms with E-state index in [9.17, 15) is 14.4 Å². The van der Waals surface area contributed by atoms with E-state index in [1.807, 2.05) is 50.2 Å². The number of nitrogens with one attached hydrogen (secondary N) is 3. The first kappa shape index (κ1) is 26.7. The lowest BCUT2D eigenvalue weighted by Crippen LogP contribution is -2.52. The molecule has 0 spiro atoms. The maximum Gasteiger partial charge on any atom is 0.410 e. The van der Waals surface area contributed by atoms with Crippen LogP contribution in [-0.4, -0.2) is 61.1 Å². The van der Waals surface area contributed by atoms with E-state index in [0.29, 0.717) is 25.8 Å². The van der Waals surface area contributed by atoms with Crippen molar-refractivity contribution in [2.45, 2.75) is 70.2 Å². The summed E-state index contributed by atoms with van der Waals surface area (Å²) in [6, 6.07) is 15.2. The van der Waals surface area contributed by atoms with Crippen molar-refractivity contribution < 1.29 is 19.1 Å². The van der Waals surface area contributed by atoms with E-state index in [0.717, 1.165) is 41.6 Å². The standard InChI is InChI=1S/C29H38N4O4/c1-19(2)31-28(35)25(32-27(34)24-16-10-17-30-24)15-8-9-18-33(3)29(36)37-26-22-13-6-4-11-20(22)21-12-5-7-14-23(21)26/h4-7,11-14,19,24-26,30H,8-10,15-18H2,1-3H3,(H,31,35)(H,32,34)/t24-,25-/m0/s1. The predicted octanol–water partition coefficient (Wildman–Crippen LogP) is 3.76. The minimum atomic E-state index is -0.596. The Bertz CT molecular complexity index is 1070. The Hall–Kier alpha value is -3.39. The fourth-order valence-electron chi connectivity index (χ4n) is 5.05. The maximum atomic E-state index is 12.9. The van der Waals surface area contributed by atoms with Gasteiger partial charge in [-0.25, -0.2) is 4.79 Å². The molecular weight excluding hydrogens is 468 g/mol. The largest absolute Gasteiger partial charge is 0.436 e. The zero-order valence-corrected chi connectivity index (χ0v) is 22.0. The summed E-state index contributed by atoms with van der Waals surface area (Å²) in [7, 11) is 1.73. The Morgan fingerprint density at radius 3 is 2.24 bits per heavy atom. The molecule has 0 aromatic heterocycles. The number of carbonyl (C=O) groups excluding carboxylic acids is 3. The van der Waals surface area contributed by atoms with Crippen LogP contribution in [0.4, 0.5) is 4.79 Å². The van der Waals surface area contributed by atoms with Crippen LogP contribution in [0.3, 0.4) is 0 Å². The molecule has 1 aliphatic carbocycles. The molecule has 1 heterocycles. The van der Waals surface area contributed by atoms with Crippen LogP contribution in [0.25, 0.3) is 11.1 Å². The molecular formula is C29H38N4O4. The molecule has 8 heteroatoms. The number of benzene rings is 2. The lowest BCUT2D eigenvalue weighted by atomic mass is 10.1. The minimum Gasteiger partial charge on any atom is -0.436 e. The van der Waals surface area contributed by atoms with Crippen molar-refractivity contribution in [1.29, 1.82) is 0 Å². The Balaban J connectivity index is 1.29. The first-order chi connectivity index (χ1) is 17.8. The second-order valence-electron chi connectivity index (χ2n) is 10.2. The quantitative estimate of drug-likeness (QED) is 0.426. The Morgan fingerprint density at radius 2 is 1.65 bits per heavy atom. The van der Waals surface area contributed by atoms with E-state index in [4.69, 9.17) is 4.74 Å². The van der Waals surface area contributed by atoms with Gasteiger partial charge >= 0.3 is 6.09 Å². The van der Waals surface area contributed by atoms with Crippen molar-refractivity contribution in [1.82, 2.24) is 20.9 Å². The molecule has 0 unspecified atom stereocenters. The molecule has 2 aliphatic rings. The Labute approximate surface area is 219 Å². The van der Waals surface area contributed by atoms with Gasteiger partial charge in [-0.3, -0.25) is 9.59 Å². The Morgan fingerprint density at radius 1 is 1.00 bits per heavy atom. The van der Waals surface area contributed by atoms with E-state index in [1.54, 1.807) is 11.9 Å². The summed E-state index contributed by atoms with van der Waals surface area (Å²) >= 11 is 0. The van der Waals surface area contributed by atoms with Crippen LogP contribution < -0.4 is 16.0 Å². The lowest BCUT2D eigenvalue weighted by molar-refractivity contribution is -0.130. The van der Waals surface area contributed by atoms with E-state index in [-0.39, 0.29) is 30.0 Å². The summed E-state index contributed by atoms with van der Waals surface area (Å²) in [6.45, 7) is 5.11. The fraction of sp³-hybridized carbons (Fsp3) is 0.483. The normalized spacial score (nSPS) is 17.1. The van der Waals surface area contributed by atoms with Gasteiger partial charge in [0, 0.05) is 30.8 Å². The van der Waals surface area contributed by atoms with Crippen LogP contribution in [0, 0.1) is 0 Å². The van der Waals surface area contributed by atoms with Gasteiger partial charge in [0.25, 0.3) is 0 Å². The van der Waals surface area contributed by atoms with Crippen LogP contribution in [-0.2, 0) is 14.3 Å². The van der Waals surface area contributed by atoms with Crippen molar-refractivity contribution in [2.24, 2.45) is 0 Å². The number of carbonyl (C=O) groups is 3. The van der Waals surface area contributed by atoms with E-state index in [1.165, 1.54) is 0 Å². The number of hydrogen-bond donors (Lipinski definition) is 3. The molecule has 2 aromatic rings. The smallest absolute Gasteiger partial charge is 0.410 e. The monoisotopic (exact) mass is 506 g/mol. The molecule has 0 saturated carbocycles. The molecule has 37 heavy (non-hydrogen) atoms. The minimum absolute atomic E-state index is 0.0109. The summed E-state index contributed by atoms with van der Waals surface area (Å²) in [6.07, 6.45) is 2.81. The predicted molar refractivity (Wildman–Crippen MR) is 143 cm³/mol. The van der Waals surface area contributed by atoms with Gasteiger partial charge in [0.15, 0.2) is 6.10 Å². The maximum absolute atomic E-state index is 12.9. The van der Waals surface area contributed by atoms with E-state index < -0.39 is 12.1 Å². The molecule has 198 valence electrons. The van der Waals surface area contributed by atoms with Crippen LogP contribution in [0.2, 0.25) is 0 Å². The highest BCUT2D eigenvalue weighted by Gasteiger charge is 2.32. The molecule has 8 nitrogen and oxygen atoms in total. The average molecular weight is 507 g/mol. The zero-order chi connectivity index (χ0) is 26.4. The number of unbranched alkanes of at least 4 members (excludes halogenated alkanes) is 1. The topological polar surface area (TPSA) is 99.8 Å². The van der Waals surface area contributed by atoms with Crippen LogP contribution >= 0.6 is 0 Å². The second-order valence-corrected chi connectivity index (χ2v) is 10.2. The van der Waals surface area contributed by atoms with Gasteiger partial charge in [0.2, 0.25) is 11.8 Å². The van der Waals surface area contributed by atoms with Gasteiger partial charge in [-0.05, 0) is 63.6 Å². The summed E-state index contributed by atoms with van der Waals surface area (Å²) in [5.41, 5.74) is 4.19. The summed E-state index contributed by atoms with van der Waals surface area (Å²) in [5, 5.41) is 9.00. The molecule has 3 amide bonds. The van der Waals surface area contributed by atoms with Gasteiger partial charge in [-0.15, -0.1) is 0 Å². The lowest BCUT2D eigenvalue weighted by Gasteiger charge is -2.23. The molecule has 1 fully saturated rings. The summed E-state index contributed by atoms with van der Waals surface area (Å²) in [5.74, 6) is -0.299. The van der Waals surface area contributed by atoms with Crippen LogP contribution in [0.15, 0.2) is 48.5 Å². The van der Waals surface area contributed by atoms with Crippen molar-refractivity contribution in [3.63, 3.8) is 0 Å². The number of rotatable bonds is 10. The van der Waals surface area contributed by atoms with Gasteiger partial charge in [-0.2, -0.15) is 0 Å².